The van der Waals surface area contributed by atoms with Gasteiger partial charge < -0.3 is 10.6 Å². The second kappa shape index (κ2) is 9.29. The number of aryl methyl sites for hydroxylation is 1. The van der Waals surface area contributed by atoms with Gasteiger partial charge in [0.1, 0.15) is 6.54 Å². The predicted molar refractivity (Wildman–Crippen MR) is 125 cm³/mol. The molecule has 5 aromatic rings. The highest BCUT2D eigenvalue weighted by molar-refractivity contribution is 5.90. The topological polar surface area (TPSA) is 102 Å². The first-order valence-corrected chi connectivity index (χ1v) is 10.7. The van der Waals surface area contributed by atoms with Gasteiger partial charge in [0, 0.05) is 36.9 Å². The van der Waals surface area contributed by atoms with E-state index in [0.29, 0.717) is 18.0 Å². The molecule has 5 rings (SSSR count). The molecule has 4 aromatic heterocycles. The molecule has 0 atom stereocenters. The van der Waals surface area contributed by atoms with Crippen LogP contribution in [0, 0.1) is 18.6 Å². The van der Waals surface area contributed by atoms with Crippen LogP contribution in [0.1, 0.15) is 11.3 Å². The van der Waals surface area contributed by atoms with Gasteiger partial charge >= 0.3 is 0 Å². The number of amides is 1. The Balaban J connectivity index is 1.35. The molecular weight excluding hydrogens is 454 g/mol. The summed E-state index contributed by atoms with van der Waals surface area (Å²) in [5.41, 5.74) is 3.71. The van der Waals surface area contributed by atoms with Gasteiger partial charge in [0.25, 0.3) is 0 Å². The highest BCUT2D eigenvalue weighted by Gasteiger charge is 2.15. The number of imidazole rings is 1. The van der Waals surface area contributed by atoms with E-state index in [1.165, 1.54) is 16.8 Å². The Kier molecular flexibility index (Phi) is 5.88. The molecule has 0 bridgehead atoms. The van der Waals surface area contributed by atoms with Crippen molar-refractivity contribution in [1.29, 1.82) is 0 Å². The summed E-state index contributed by atoms with van der Waals surface area (Å²) in [5.74, 6) is -2.05. The number of fused-ring (bicyclic) bond motifs is 1. The first kappa shape index (κ1) is 22.1. The summed E-state index contributed by atoms with van der Waals surface area (Å²) in [6, 6.07) is 7.44. The lowest BCUT2D eigenvalue weighted by Gasteiger charge is -2.09. The molecular formula is C24H20F2N8O. The highest BCUT2D eigenvalue weighted by Crippen LogP contribution is 2.24. The third kappa shape index (κ3) is 4.69. The number of hydrogen-bond acceptors (Lipinski definition) is 6. The minimum atomic E-state index is -1.11. The normalized spacial score (nSPS) is 11.1. The fourth-order valence-electron chi connectivity index (χ4n) is 3.65. The fourth-order valence-corrected chi connectivity index (χ4v) is 3.65. The molecule has 0 radical (unpaired) electrons. The third-order valence-corrected chi connectivity index (χ3v) is 5.26. The van der Waals surface area contributed by atoms with Gasteiger partial charge in [-0.15, -0.1) is 0 Å². The minimum absolute atomic E-state index is 0.175. The molecule has 0 saturated heterocycles. The van der Waals surface area contributed by atoms with Crippen molar-refractivity contribution in [3.8, 4) is 11.3 Å². The van der Waals surface area contributed by atoms with Crippen LogP contribution < -0.4 is 10.6 Å². The summed E-state index contributed by atoms with van der Waals surface area (Å²) in [6.07, 6.45) is 10.4. The van der Waals surface area contributed by atoms with Gasteiger partial charge in [-0.05, 0) is 30.7 Å². The van der Waals surface area contributed by atoms with Crippen LogP contribution in [0.15, 0.2) is 67.5 Å². The average Bonchev–Trinajstić information content (AvgIpc) is 3.48. The van der Waals surface area contributed by atoms with E-state index in [2.05, 4.69) is 30.7 Å². The van der Waals surface area contributed by atoms with Crippen LogP contribution in [0.2, 0.25) is 0 Å². The molecule has 0 unspecified atom stereocenters. The third-order valence-electron chi connectivity index (χ3n) is 5.26. The molecule has 1 aromatic carbocycles. The summed E-state index contributed by atoms with van der Waals surface area (Å²) in [4.78, 5) is 25.5. The van der Waals surface area contributed by atoms with Crippen LogP contribution in [0.4, 0.5) is 20.3 Å². The maximum absolute atomic E-state index is 13.8. The van der Waals surface area contributed by atoms with E-state index >= 15 is 0 Å². The maximum atomic E-state index is 13.8. The van der Waals surface area contributed by atoms with Crippen molar-refractivity contribution < 1.29 is 13.6 Å². The zero-order valence-electron chi connectivity index (χ0n) is 18.6. The number of pyridine rings is 1. The lowest BCUT2D eigenvalue weighted by Crippen LogP contribution is -2.19. The molecule has 0 aliphatic heterocycles. The largest absolute Gasteiger partial charge is 0.363 e. The van der Waals surface area contributed by atoms with Gasteiger partial charge in [-0.25, -0.2) is 18.7 Å². The van der Waals surface area contributed by atoms with Gasteiger partial charge in [-0.2, -0.15) is 5.10 Å². The van der Waals surface area contributed by atoms with Crippen molar-refractivity contribution in [2.45, 2.75) is 20.0 Å². The van der Waals surface area contributed by atoms with E-state index in [-0.39, 0.29) is 12.2 Å². The van der Waals surface area contributed by atoms with Gasteiger partial charge in [-0.1, -0.05) is 12.1 Å². The van der Waals surface area contributed by atoms with Crippen LogP contribution in [-0.2, 0) is 17.9 Å². The lowest BCUT2D eigenvalue weighted by molar-refractivity contribution is -0.116. The molecule has 0 saturated carbocycles. The van der Waals surface area contributed by atoms with Crippen molar-refractivity contribution in [2.24, 2.45) is 0 Å². The predicted octanol–water partition coefficient (Wildman–Crippen LogP) is 3.83. The molecule has 1 amide bonds. The van der Waals surface area contributed by atoms with E-state index in [1.807, 2.05) is 29.7 Å². The van der Waals surface area contributed by atoms with Crippen molar-refractivity contribution in [1.82, 2.24) is 29.1 Å². The number of carbonyl (C=O) groups excluding carboxylic acids is 1. The van der Waals surface area contributed by atoms with Gasteiger partial charge in [0.2, 0.25) is 5.91 Å². The zero-order chi connectivity index (χ0) is 24.4. The Morgan fingerprint density at radius 1 is 1.09 bits per heavy atom. The Bertz CT molecular complexity index is 1510. The van der Waals surface area contributed by atoms with Gasteiger partial charge in [0.15, 0.2) is 23.1 Å². The van der Waals surface area contributed by atoms with Crippen LogP contribution >= 0.6 is 0 Å². The zero-order valence-corrected chi connectivity index (χ0v) is 18.6. The van der Waals surface area contributed by atoms with E-state index in [4.69, 9.17) is 0 Å². The quantitative estimate of drug-likeness (QED) is 0.372. The van der Waals surface area contributed by atoms with Crippen molar-refractivity contribution in [2.75, 3.05) is 10.6 Å². The minimum Gasteiger partial charge on any atom is -0.363 e. The summed E-state index contributed by atoms with van der Waals surface area (Å²) in [7, 11) is 0. The lowest BCUT2D eigenvalue weighted by atomic mass is 10.3. The Morgan fingerprint density at radius 2 is 1.97 bits per heavy atom. The average molecular weight is 474 g/mol. The fraction of sp³-hybridized carbons (Fsp3) is 0.125. The number of benzene rings is 1. The SMILES string of the molecule is Cc1cn2c(-c3cnn(CC(=O)Nc4cccc(F)c4F)c3)cnc2c(NCc2cccnc2)n1. The maximum Gasteiger partial charge on any atom is 0.246 e. The molecule has 176 valence electrons. The molecule has 35 heavy (non-hydrogen) atoms. The molecule has 0 aliphatic rings. The molecule has 11 heteroatoms. The first-order valence-electron chi connectivity index (χ1n) is 10.7. The number of hydrogen-bond donors (Lipinski definition) is 2. The van der Waals surface area contributed by atoms with Crippen molar-refractivity contribution in [3.05, 3.63) is 90.4 Å². The van der Waals surface area contributed by atoms with E-state index in [9.17, 15) is 13.6 Å². The smallest absolute Gasteiger partial charge is 0.246 e. The number of carbonyl (C=O) groups is 1. The Hall–Kier alpha value is -4.67. The monoisotopic (exact) mass is 474 g/mol. The number of nitrogens with one attached hydrogen (secondary N) is 2. The number of aromatic nitrogens is 6. The molecule has 0 spiro atoms. The second-order valence-corrected chi connectivity index (χ2v) is 7.86. The number of nitrogens with zero attached hydrogens (tertiary/aromatic N) is 6. The van der Waals surface area contributed by atoms with Crippen LogP contribution in [-0.4, -0.2) is 35.0 Å². The first-order chi connectivity index (χ1) is 17.0. The number of anilines is 2. The summed E-state index contributed by atoms with van der Waals surface area (Å²) >= 11 is 0. The summed E-state index contributed by atoms with van der Waals surface area (Å²) < 4.78 is 30.5. The van der Waals surface area contributed by atoms with Crippen molar-refractivity contribution in [3.63, 3.8) is 0 Å². The molecule has 0 aliphatic carbocycles. The molecule has 0 fully saturated rings. The summed E-state index contributed by atoms with van der Waals surface area (Å²) in [5, 5.41) is 9.90. The van der Waals surface area contributed by atoms with Gasteiger partial charge in [0.05, 0.1) is 29.5 Å². The van der Waals surface area contributed by atoms with Crippen LogP contribution in [0.25, 0.3) is 16.9 Å². The van der Waals surface area contributed by atoms with Gasteiger partial charge in [-0.3, -0.25) is 18.9 Å². The van der Waals surface area contributed by atoms with Crippen LogP contribution in [0.5, 0.6) is 0 Å². The van der Waals surface area contributed by atoms with Crippen molar-refractivity contribution >= 4 is 23.1 Å². The molecule has 2 N–H and O–H groups in total. The Labute approximate surface area is 198 Å². The Morgan fingerprint density at radius 3 is 2.80 bits per heavy atom. The van der Waals surface area contributed by atoms with Crippen LogP contribution in [0.3, 0.4) is 0 Å². The van der Waals surface area contributed by atoms with E-state index in [1.54, 1.807) is 31.0 Å². The molecule has 9 nitrogen and oxygen atoms in total. The molecule has 4 heterocycles. The van der Waals surface area contributed by atoms with E-state index in [0.717, 1.165) is 28.6 Å². The van der Waals surface area contributed by atoms with E-state index < -0.39 is 17.5 Å². The number of rotatable bonds is 7. The highest BCUT2D eigenvalue weighted by atomic mass is 19.2. The standard InChI is InChI=1S/C24H20F2N8O/c1-15-12-34-20(11-29-24(34)23(31-15)28-9-16-4-3-7-27-8-16)17-10-30-33(13-17)14-21(35)32-19-6-2-5-18(25)22(19)26/h2-8,10-13H,9,14H2,1H3,(H,28,31)(H,32,35). The summed E-state index contributed by atoms with van der Waals surface area (Å²) in [6.45, 7) is 2.25. The second-order valence-electron chi connectivity index (χ2n) is 7.86. The number of halogens is 2.